The number of ether oxygens (including phenoxy) is 1. The van der Waals surface area contributed by atoms with Crippen LogP contribution in [0.2, 0.25) is 0 Å². The monoisotopic (exact) mass is 279 g/mol. The van der Waals surface area contributed by atoms with Gasteiger partial charge in [-0.15, -0.1) is 11.3 Å². The van der Waals surface area contributed by atoms with Gasteiger partial charge in [0, 0.05) is 0 Å². The highest BCUT2D eigenvalue weighted by atomic mass is 32.1. The van der Waals surface area contributed by atoms with E-state index in [1.807, 2.05) is 6.92 Å². The van der Waals surface area contributed by atoms with Crippen molar-refractivity contribution in [3.63, 3.8) is 0 Å². The smallest absolute Gasteiger partial charge is 0.348 e. The lowest BCUT2D eigenvalue weighted by Gasteiger charge is -2.09. The molecule has 1 atom stereocenters. The molecule has 2 aromatic rings. The third kappa shape index (κ3) is 3.03. The van der Waals surface area contributed by atoms with E-state index in [1.54, 1.807) is 30.5 Å². The lowest BCUT2D eigenvalue weighted by atomic mass is 10.2. The minimum absolute atomic E-state index is 0.230. The van der Waals surface area contributed by atoms with Crippen LogP contribution in [0.4, 0.5) is 0 Å². The van der Waals surface area contributed by atoms with Crippen LogP contribution < -0.4 is 5.32 Å². The molecule has 2 heterocycles. The Morgan fingerprint density at radius 1 is 1.32 bits per heavy atom. The van der Waals surface area contributed by atoms with Gasteiger partial charge in [0.2, 0.25) is 0 Å². The van der Waals surface area contributed by atoms with Crippen molar-refractivity contribution in [1.82, 2.24) is 5.32 Å². The Balaban J connectivity index is 2.04. The lowest BCUT2D eigenvalue weighted by molar-refractivity contribution is 0.0606. The van der Waals surface area contributed by atoms with E-state index < -0.39 is 5.97 Å². The maximum atomic E-state index is 12.0. The summed E-state index contributed by atoms with van der Waals surface area (Å²) >= 11 is 1.10. The van der Waals surface area contributed by atoms with Crippen LogP contribution in [-0.2, 0) is 4.74 Å². The number of carbonyl (C=O) groups is 2. The number of carbonyl (C=O) groups excluding carboxylic acids is 2. The molecule has 0 bridgehead atoms. The molecule has 0 saturated heterocycles. The maximum absolute atomic E-state index is 12.0. The molecule has 1 amide bonds. The van der Waals surface area contributed by atoms with Crippen molar-refractivity contribution in [3.8, 4) is 0 Å². The number of hydrogen-bond acceptors (Lipinski definition) is 5. The fourth-order valence-electron chi connectivity index (χ4n) is 1.55. The average molecular weight is 279 g/mol. The van der Waals surface area contributed by atoms with Gasteiger partial charge in [0.15, 0.2) is 0 Å². The third-order valence-corrected chi connectivity index (χ3v) is 3.60. The van der Waals surface area contributed by atoms with E-state index in [0.29, 0.717) is 15.5 Å². The topological polar surface area (TPSA) is 68.5 Å². The van der Waals surface area contributed by atoms with Crippen LogP contribution in [0, 0.1) is 0 Å². The Morgan fingerprint density at radius 3 is 2.68 bits per heavy atom. The first-order valence-electron chi connectivity index (χ1n) is 5.64. The molecule has 0 aliphatic heterocycles. The fourth-order valence-corrected chi connectivity index (χ4v) is 2.37. The van der Waals surface area contributed by atoms with Gasteiger partial charge in [0.25, 0.3) is 5.91 Å². The minimum Gasteiger partial charge on any atom is -0.467 e. The lowest BCUT2D eigenvalue weighted by Crippen LogP contribution is -2.25. The zero-order valence-electron chi connectivity index (χ0n) is 10.5. The summed E-state index contributed by atoms with van der Waals surface area (Å²) in [6, 6.07) is 6.49. The van der Waals surface area contributed by atoms with Gasteiger partial charge in [-0.25, -0.2) is 4.79 Å². The molecule has 0 aliphatic carbocycles. The van der Waals surface area contributed by atoms with Crippen molar-refractivity contribution in [3.05, 3.63) is 46.0 Å². The molecule has 0 aromatic carbocycles. The summed E-state index contributed by atoms with van der Waals surface area (Å²) in [6.45, 7) is 1.82. The zero-order valence-corrected chi connectivity index (χ0v) is 11.3. The maximum Gasteiger partial charge on any atom is 0.348 e. The van der Waals surface area contributed by atoms with Gasteiger partial charge in [0.05, 0.1) is 24.3 Å². The van der Waals surface area contributed by atoms with E-state index in [1.165, 1.54) is 7.11 Å². The van der Waals surface area contributed by atoms with Gasteiger partial charge in [-0.1, -0.05) is 0 Å². The highest BCUT2D eigenvalue weighted by Gasteiger charge is 2.17. The van der Waals surface area contributed by atoms with Crippen molar-refractivity contribution >= 4 is 23.2 Å². The summed E-state index contributed by atoms with van der Waals surface area (Å²) in [6.07, 6.45) is 1.55. The summed E-state index contributed by atoms with van der Waals surface area (Å²) in [5, 5.41) is 2.79. The summed E-state index contributed by atoms with van der Waals surface area (Å²) < 4.78 is 9.80. The van der Waals surface area contributed by atoms with Gasteiger partial charge >= 0.3 is 5.97 Å². The molecule has 6 heteroatoms. The number of nitrogens with one attached hydrogen (secondary N) is 1. The predicted octanol–water partition coefficient (Wildman–Crippen LogP) is 2.62. The van der Waals surface area contributed by atoms with Gasteiger partial charge in [0.1, 0.15) is 10.6 Å². The number of esters is 1. The Morgan fingerprint density at radius 2 is 2.05 bits per heavy atom. The van der Waals surface area contributed by atoms with E-state index >= 15 is 0 Å². The number of amides is 1. The number of rotatable bonds is 4. The molecule has 0 radical (unpaired) electrons. The summed E-state index contributed by atoms with van der Waals surface area (Å²) in [5.74, 6) is -0.00900. The number of thiophene rings is 1. The van der Waals surface area contributed by atoms with E-state index in [2.05, 4.69) is 10.1 Å². The van der Waals surface area contributed by atoms with Crippen LogP contribution in [0.1, 0.15) is 38.1 Å². The van der Waals surface area contributed by atoms with Crippen LogP contribution in [0.25, 0.3) is 0 Å². The Kier molecular flexibility index (Phi) is 4.01. The number of hydrogen-bond donors (Lipinski definition) is 1. The zero-order chi connectivity index (χ0) is 13.8. The molecule has 0 aliphatic rings. The predicted molar refractivity (Wildman–Crippen MR) is 70.2 cm³/mol. The van der Waals surface area contributed by atoms with Crippen molar-refractivity contribution in [2.24, 2.45) is 0 Å². The molecular formula is C13H13NO4S. The molecule has 5 nitrogen and oxygen atoms in total. The van der Waals surface area contributed by atoms with Gasteiger partial charge in [-0.05, 0) is 31.2 Å². The molecule has 2 aromatic heterocycles. The molecule has 0 saturated carbocycles. The Bertz CT molecular complexity index is 573. The molecular weight excluding hydrogens is 266 g/mol. The molecule has 1 unspecified atom stereocenters. The SMILES string of the molecule is COC(=O)c1ccc(C(=O)NC(C)c2ccco2)s1. The number of furan rings is 1. The Hall–Kier alpha value is -2.08. The van der Waals surface area contributed by atoms with E-state index in [0.717, 1.165) is 11.3 Å². The first-order chi connectivity index (χ1) is 9.11. The first-order valence-corrected chi connectivity index (χ1v) is 6.46. The van der Waals surface area contributed by atoms with Crippen molar-refractivity contribution in [2.45, 2.75) is 13.0 Å². The molecule has 1 N–H and O–H groups in total. The fraction of sp³-hybridized carbons (Fsp3) is 0.231. The normalized spacial score (nSPS) is 11.9. The van der Waals surface area contributed by atoms with Gasteiger partial charge in [-0.2, -0.15) is 0 Å². The highest BCUT2D eigenvalue weighted by molar-refractivity contribution is 7.15. The molecule has 100 valence electrons. The summed E-state index contributed by atoms with van der Waals surface area (Å²) in [5.41, 5.74) is 0. The van der Waals surface area contributed by atoms with Crippen LogP contribution in [0.15, 0.2) is 34.9 Å². The van der Waals surface area contributed by atoms with Gasteiger partial charge in [-0.3, -0.25) is 4.79 Å². The second-order valence-electron chi connectivity index (χ2n) is 3.87. The van der Waals surface area contributed by atoms with Crippen molar-refractivity contribution < 1.29 is 18.7 Å². The summed E-state index contributed by atoms with van der Waals surface area (Å²) in [7, 11) is 1.31. The molecule has 2 rings (SSSR count). The summed E-state index contributed by atoms with van der Waals surface area (Å²) in [4.78, 5) is 24.1. The van der Waals surface area contributed by atoms with Crippen molar-refractivity contribution in [2.75, 3.05) is 7.11 Å². The van der Waals surface area contributed by atoms with E-state index in [4.69, 9.17) is 4.42 Å². The quantitative estimate of drug-likeness (QED) is 0.873. The van der Waals surface area contributed by atoms with Gasteiger partial charge < -0.3 is 14.5 Å². The van der Waals surface area contributed by atoms with E-state index in [-0.39, 0.29) is 11.9 Å². The highest BCUT2D eigenvalue weighted by Crippen LogP contribution is 2.19. The first kappa shape index (κ1) is 13.4. The second kappa shape index (κ2) is 5.71. The Labute approximate surface area is 114 Å². The van der Waals surface area contributed by atoms with Crippen molar-refractivity contribution in [1.29, 1.82) is 0 Å². The average Bonchev–Trinajstić information content (AvgIpc) is 3.08. The molecule has 0 spiro atoms. The number of methoxy groups -OCH3 is 1. The van der Waals surface area contributed by atoms with Crippen LogP contribution in [-0.4, -0.2) is 19.0 Å². The second-order valence-corrected chi connectivity index (χ2v) is 4.95. The minimum atomic E-state index is -0.442. The van der Waals surface area contributed by atoms with Crippen LogP contribution in [0.5, 0.6) is 0 Å². The third-order valence-electron chi connectivity index (χ3n) is 2.53. The van der Waals surface area contributed by atoms with Crippen LogP contribution in [0.3, 0.4) is 0 Å². The molecule has 19 heavy (non-hydrogen) atoms. The van der Waals surface area contributed by atoms with Crippen LogP contribution >= 0.6 is 11.3 Å². The molecule has 0 fully saturated rings. The van der Waals surface area contributed by atoms with E-state index in [9.17, 15) is 9.59 Å². The standard InChI is InChI=1S/C13H13NO4S/c1-8(9-4-3-7-18-9)14-12(15)10-5-6-11(19-10)13(16)17-2/h3-8H,1-2H3,(H,14,15). The largest absolute Gasteiger partial charge is 0.467 e.